The van der Waals surface area contributed by atoms with Crippen LogP contribution in [-0.2, 0) is 26.4 Å². The molecule has 1 aliphatic carbocycles. The highest BCUT2D eigenvalue weighted by atomic mass is 16.2. The summed E-state index contributed by atoms with van der Waals surface area (Å²) >= 11 is 0. The summed E-state index contributed by atoms with van der Waals surface area (Å²) in [6.07, 6.45) is 7.41. The highest BCUT2D eigenvalue weighted by Crippen LogP contribution is 2.32. The van der Waals surface area contributed by atoms with Gasteiger partial charge in [0.05, 0.1) is 11.7 Å². The lowest BCUT2D eigenvalue weighted by Gasteiger charge is -2.36. The van der Waals surface area contributed by atoms with Crippen molar-refractivity contribution in [3.8, 4) is 0 Å². The number of nitrogens with zero attached hydrogens (tertiary/aromatic N) is 4. The molecular formula is C18H24N4O. The highest BCUT2D eigenvalue weighted by molar-refractivity contribution is 5.94. The fraction of sp³-hybridized carbons (Fsp3) is 0.556. The van der Waals surface area contributed by atoms with Gasteiger partial charge >= 0.3 is 0 Å². The number of carbonyl (C=O) groups is 1. The number of hydrogen-bond donors (Lipinski definition) is 0. The monoisotopic (exact) mass is 312 g/mol. The van der Waals surface area contributed by atoms with Crippen LogP contribution in [0.15, 0.2) is 18.3 Å². The molecule has 1 unspecified atom stereocenters. The minimum absolute atomic E-state index is 0.155. The summed E-state index contributed by atoms with van der Waals surface area (Å²) in [5.41, 5.74) is 4.40. The van der Waals surface area contributed by atoms with Crippen molar-refractivity contribution in [1.29, 1.82) is 0 Å². The van der Waals surface area contributed by atoms with Gasteiger partial charge in [0.15, 0.2) is 0 Å². The fourth-order valence-electron chi connectivity index (χ4n) is 4.22. The van der Waals surface area contributed by atoms with E-state index in [1.54, 1.807) is 0 Å². The topological polar surface area (TPSA) is 43.1 Å². The van der Waals surface area contributed by atoms with E-state index in [-0.39, 0.29) is 11.9 Å². The van der Waals surface area contributed by atoms with E-state index in [2.05, 4.69) is 39.8 Å². The fourth-order valence-corrected chi connectivity index (χ4v) is 4.22. The minimum Gasteiger partial charge on any atom is -0.348 e. The van der Waals surface area contributed by atoms with Crippen molar-refractivity contribution in [2.75, 3.05) is 6.54 Å². The van der Waals surface area contributed by atoms with Gasteiger partial charge in [0.2, 0.25) is 0 Å². The van der Waals surface area contributed by atoms with Crippen LogP contribution < -0.4 is 0 Å². The molecule has 0 saturated heterocycles. The third-order valence-corrected chi connectivity index (χ3v) is 5.33. The van der Waals surface area contributed by atoms with Crippen molar-refractivity contribution in [2.45, 2.75) is 51.6 Å². The predicted molar refractivity (Wildman–Crippen MR) is 88.4 cm³/mol. The molecule has 0 fully saturated rings. The van der Waals surface area contributed by atoms with Crippen molar-refractivity contribution in [3.05, 3.63) is 41.0 Å². The molecule has 2 aromatic heterocycles. The van der Waals surface area contributed by atoms with E-state index >= 15 is 0 Å². The maximum atomic E-state index is 13.3. The average Bonchev–Trinajstić information content (AvgIpc) is 3.16. The normalized spacial score (nSPS) is 20.3. The molecule has 0 saturated carbocycles. The lowest BCUT2D eigenvalue weighted by Crippen LogP contribution is -2.42. The summed E-state index contributed by atoms with van der Waals surface area (Å²) in [6.45, 7) is 3.82. The maximum absolute atomic E-state index is 13.3. The van der Waals surface area contributed by atoms with E-state index in [4.69, 9.17) is 0 Å². The van der Waals surface area contributed by atoms with Crippen molar-refractivity contribution in [2.24, 2.45) is 7.05 Å². The van der Waals surface area contributed by atoms with Gasteiger partial charge < -0.3 is 9.47 Å². The number of hydrogen-bond acceptors (Lipinski definition) is 2. The van der Waals surface area contributed by atoms with Crippen LogP contribution in [0.5, 0.6) is 0 Å². The van der Waals surface area contributed by atoms with E-state index in [0.29, 0.717) is 0 Å². The van der Waals surface area contributed by atoms with E-state index in [9.17, 15) is 4.79 Å². The molecule has 0 aromatic carbocycles. The van der Waals surface area contributed by atoms with Crippen LogP contribution in [0.1, 0.15) is 59.7 Å². The second-order valence-electron chi connectivity index (χ2n) is 6.65. The van der Waals surface area contributed by atoms with E-state index in [1.807, 2.05) is 11.7 Å². The van der Waals surface area contributed by atoms with E-state index in [0.717, 1.165) is 43.7 Å². The van der Waals surface area contributed by atoms with Crippen LogP contribution in [0, 0.1) is 0 Å². The smallest absolute Gasteiger partial charge is 0.273 e. The third kappa shape index (κ3) is 2.21. The van der Waals surface area contributed by atoms with Gasteiger partial charge in [0.1, 0.15) is 5.69 Å². The van der Waals surface area contributed by atoms with E-state index < -0.39 is 0 Å². The van der Waals surface area contributed by atoms with Crippen LogP contribution in [-0.4, -0.2) is 31.7 Å². The molecular weight excluding hydrogens is 288 g/mol. The summed E-state index contributed by atoms with van der Waals surface area (Å²) in [7, 11) is 1.92. The largest absolute Gasteiger partial charge is 0.348 e. The minimum atomic E-state index is 0.155. The quantitative estimate of drug-likeness (QED) is 0.856. The standard InChI is InChI=1S/C18H24N4O/c1-3-15-16-9-6-10-21(16)11-12-22(15)18(23)17-13-7-4-5-8-14(13)19-20(17)2/h6,9-10,15H,3-5,7-8,11-12H2,1-2H3. The lowest BCUT2D eigenvalue weighted by atomic mass is 9.95. The Hall–Kier alpha value is -2.04. The van der Waals surface area contributed by atoms with Gasteiger partial charge in [-0.3, -0.25) is 9.48 Å². The second-order valence-corrected chi connectivity index (χ2v) is 6.65. The Kier molecular flexibility index (Phi) is 3.51. The third-order valence-electron chi connectivity index (χ3n) is 5.33. The van der Waals surface area contributed by atoms with Crippen molar-refractivity contribution in [3.63, 3.8) is 0 Å². The van der Waals surface area contributed by atoms with Crippen LogP contribution in [0.2, 0.25) is 0 Å². The van der Waals surface area contributed by atoms with Crippen LogP contribution >= 0.6 is 0 Å². The number of rotatable bonds is 2. The molecule has 0 spiro atoms. The molecule has 122 valence electrons. The Balaban J connectivity index is 1.71. The molecule has 23 heavy (non-hydrogen) atoms. The van der Waals surface area contributed by atoms with Crippen molar-refractivity contribution < 1.29 is 4.79 Å². The molecule has 1 amide bonds. The first-order chi connectivity index (χ1) is 11.2. The lowest BCUT2D eigenvalue weighted by molar-refractivity contribution is 0.0605. The Labute approximate surface area is 136 Å². The zero-order valence-electron chi connectivity index (χ0n) is 14.0. The van der Waals surface area contributed by atoms with Gasteiger partial charge in [0, 0.05) is 37.6 Å². The van der Waals surface area contributed by atoms with Gasteiger partial charge in [-0.25, -0.2) is 0 Å². The van der Waals surface area contributed by atoms with Crippen LogP contribution in [0.3, 0.4) is 0 Å². The molecule has 1 aliphatic heterocycles. The molecule has 5 heteroatoms. The molecule has 0 radical (unpaired) electrons. The summed E-state index contributed by atoms with van der Waals surface area (Å²) in [5, 5.41) is 4.62. The van der Waals surface area contributed by atoms with Gasteiger partial charge in [-0.05, 0) is 44.2 Å². The zero-order valence-corrected chi connectivity index (χ0v) is 14.0. The Morgan fingerprint density at radius 3 is 2.96 bits per heavy atom. The summed E-state index contributed by atoms with van der Waals surface area (Å²) in [5.74, 6) is 0.155. The van der Waals surface area contributed by atoms with Gasteiger partial charge in [0.25, 0.3) is 5.91 Å². The Morgan fingerprint density at radius 1 is 1.30 bits per heavy atom. The zero-order chi connectivity index (χ0) is 16.0. The molecule has 5 nitrogen and oxygen atoms in total. The van der Waals surface area contributed by atoms with Crippen molar-refractivity contribution in [1.82, 2.24) is 19.2 Å². The SMILES string of the molecule is CCC1c2cccn2CCN1C(=O)c1c2c(nn1C)CCCC2. The molecule has 2 aromatic rings. The van der Waals surface area contributed by atoms with Crippen LogP contribution in [0.25, 0.3) is 0 Å². The number of carbonyl (C=O) groups excluding carboxylic acids is 1. The molecule has 4 rings (SSSR count). The molecule has 0 bridgehead atoms. The Bertz CT molecular complexity index is 742. The Morgan fingerprint density at radius 2 is 2.13 bits per heavy atom. The number of amides is 1. The number of aromatic nitrogens is 3. The molecule has 0 N–H and O–H groups in total. The van der Waals surface area contributed by atoms with Crippen molar-refractivity contribution >= 4 is 5.91 Å². The number of fused-ring (bicyclic) bond motifs is 2. The van der Waals surface area contributed by atoms with Gasteiger partial charge in [-0.15, -0.1) is 0 Å². The first-order valence-corrected chi connectivity index (χ1v) is 8.71. The van der Waals surface area contributed by atoms with Gasteiger partial charge in [-0.1, -0.05) is 6.92 Å². The highest BCUT2D eigenvalue weighted by Gasteiger charge is 2.34. The summed E-state index contributed by atoms with van der Waals surface area (Å²) in [6, 6.07) is 4.39. The predicted octanol–water partition coefficient (Wildman–Crippen LogP) is 2.71. The average molecular weight is 312 g/mol. The summed E-state index contributed by atoms with van der Waals surface area (Å²) in [4.78, 5) is 15.4. The second kappa shape index (κ2) is 5.55. The maximum Gasteiger partial charge on any atom is 0.273 e. The first kappa shape index (κ1) is 14.5. The first-order valence-electron chi connectivity index (χ1n) is 8.71. The van der Waals surface area contributed by atoms with E-state index in [1.165, 1.54) is 24.1 Å². The molecule has 3 heterocycles. The molecule has 1 atom stereocenters. The molecule has 2 aliphatic rings. The number of aryl methyl sites for hydroxylation is 2. The van der Waals surface area contributed by atoms with Gasteiger partial charge in [-0.2, -0.15) is 5.10 Å². The van der Waals surface area contributed by atoms with Crippen LogP contribution in [0.4, 0.5) is 0 Å². The summed E-state index contributed by atoms with van der Waals surface area (Å²) < 4.78 is 4.09.